The van der Waals surface area contributed by atoms with Gasteiger partial charge in [-0.15, -0.1) is 0 Å². The molecule has 0 spiro atoms. The van der Waals surface area contributed by atoms with E-state index in [1.54, 1.807) is 24.3 Å². The Morgan fingerprint density at radius 2 is 1.42 bits per heavy atom. The molecule has 24 heavy (non-hydrogen) atoms. The molecule has 2 aromatic rings. The summed E-state index contributed by atoms with van der Waals surface area (Å²) in [6, 6.07) is 14.5. The number of anilines is 2. The van der Waals surface area contributed by atoms with Gasteiger partial charge < -0.3 is 4.90 Å². The summed E-state index contributed by atoms with van der Waals surface area (Å²) in [6.07, 6.45) is 5.04. The zero-order chi connectivity index (χ0) is 17.0. The fourth-order valence-corrected chi connectivity index (χ4v) is 4.06. The van der Waals surface area contributed by atoms with Crippen molar-refractivity contribution in [1.82, 2.24) is 0 Å². The summed E-state index contributed by atoms with van der Waals surface area (Å²) in [5, 5.41) is 0. The molecule has 4 nitrogen and oxygen atoms in total. The van der Waals surface area contributed by atoms with Crippen molar-refractivity contribution in [2.24, 2.45) is 0 Å². The van der Waals surface area contributed by atoms with Crippen molar-refractivity contribution in [2.75, 3.05) is 22.7 Å². The predicted octanol–water partition coefficient (Wildman–Crippen LogP) is 4.18. The molecule has 1 N–H and O–H groups in total. The average Bonchev–Trinajstić information content (AvgIpc) is 2.85. The normalized spacial score (nSPS) is 15.8. The largest absolute Gasteiger partial charge is 0.372 e. The molecule has 0 unspecified atom stereocenters. The van der Waals surface area contributed by atoms with Gasteiger partial charge >= 0.3 is 0 Å². The van der Waals surface area contributed by atoms with Gasteiger partial charge in [0.1, 0.15) is 0 Å². The van der Waals surface area contributed by atoms with Crippen molar-refractivity contribution < 1.29 is 8.42 Å². The fraction of sp³-hybridized carbons (Fsp3) is 0.368. The number of nitrogens with one attached hydrogen (secondary N) is 1. The lowest BCUT2D eigenvalue weighted by Gasteiger charge is -2.22. The minimum absolute atomic E-state index is 0.282. The summed E-state index contributed by atoms with van der Waals surface area (Å²) in [5.41, 5.74) is 2.79. The molecular formula is C19H24N2O2S. The van der Waals surface area contributed by atoms with Gasteiger partial charge in [0, 0.05) is 24.5 Å². The van der Waals surface area contributed by atoms with Crippen molar-refractivity contribution in [3.05, 3.63) is 54.1 Å². The van der Waals surface area contributed by atoms with E-state index in [0.717, 1.165) is 24.3 Å². The second-order valence-electron chi connectivity index (χ2n) is 6.37. The molecule has 3 rings (SSSR count). The minimum Gasteiger partial charge on any atom is -0.372 e. The minimum atomic E-state index is -3.54. The number of hydrogen-bond donors (Lipinski definition) is 1. The maximum absolute atomic E-state index is 12.4. The number of benzene rings is 2. The SMILES string of the molecule is Cc1ccc(S(=O)(=O)Nc2ccc(N3CCCCCC3)cc2)cc1. The first-order valence-electron chi connectivity index (χ1n) is 8.49. The highest BCUT2D eigenvalue weighted by Gasteiger charge is 2.14. The second kappa shape index (κ2) is 7.26. The van der Waals surface area contributed by atoms with Crippen LogP contribution < -0.4 is 9.62 Å². The Kier molecular flexibility index (Phi) is 5.09. The summed E-state index contributed by atoms with van der Waals surface area (Å²) >= 11 is 0. The molecular weight excluding hydrogens is 320 g/mol. The number of sulfonamides is 1. The lowest BCUT2D eigenvalue weighted by atomic mass is 10.2. The first-order chi connectivity index (χ1) is 11.5. The highest BCUT2D eigenvalue weighted by molar-refractivity contribution is 7.92. The first-order valence-corrected chi connectivity index (χ1v) is 9.97. The van der Waals surface area contributed by atoms with Crippen LogP contribution in [0.2, 0.25) is 0 Å². The van der Waals surface area contributed by atoms with Crippen LogP contribution in [0.5, 0.6) is 0 Å². The molecule has 1 aliphatic rings. The topological polar surface area (TPSA) is 49.4 Å². The van der Waals surface area contributed by atoms with Gasteiger partial charge in [0.05, 0.1) is 4.90 Å². The number of rotatable bonds is 4. The van der Waals surface area contributed by atoms with Gasteiger partial charge in [-0.05, 0) is 56.2 Å². The van der Waals surface area contributed by atoms with Gasteiger partial charge in [-0.3, -0.25) is 4.72 Å². The third kappa shape index (κ3) is 4.09. The third-order valence-corrected chi connectivity index (χ3v) is 5.82. The molecule has 0 aromatic heterocycles. The Bertz CT molecular complexity index is 760. The molecule has 1 heterocycles. The lowest BCUT2D eigenvalue weighted by Crippen LogP contribution is -2.23. The van der Waals surface area contributed by atoms with E-state index in [2.05, 4.69) is 9.62 Å². The Hall–Kier alpha value is -2.01. The summed E-state index contributed by atoms with van der Waals surface area (Å²) in [4.78, 5) is 2.66. The van der Waals surface area contributed by atoms with E-state index in [0.29, 0.717) is 5.69 Å². The van der Waals surface area contributed by atoms with Crippen LogP contribution in [-0.4, -0.2) is 21.5 Å². The number of nitrogens with zero attached hydrogens (tertiary/aromatic N) is 1. The molecule has 1 fully saturated rings. The van der Waals surface area contributed by atoms with Gasteiger partial charge in [0.2, 0.25) is 0 Å². The average molecular weight is 344 g/mol. The standard InChI is InChI=1S/C19H24N2O2S/c1-16-6-12-19(13-7-16)24(22,23)20-17-8-10-18(11-9-17)21-14-4-2-3-5-15-21/h6-13,20H,2-5,14-15H2,1H3. The van der Waals surface area contributed by atoms with E-state index in [1.807, 2.05) is 31.2 Å². The van der Waals surface area contributed by atoms with Crippen LogP contribution in [0.4, 0.5) is 11.4 Å². The maximum atomic E-state index is 12.4. The van der Waals surface area contributed by atoms with Gasteiger partial charge in [-0.25, -0.2) is 8.42 Å². The van der Waals surface area contributed by atoms with Gasteiger partial charge in [-0.2, -0.15) is 0 Å². The summed E-state index contributed by atoms with van der Waals surface area (Å²) < 4.78 is 27.5. The van der Waals surface area contributed by atoms with E-state index in [-0.39, 0.29) is 4.90 Å². The Balaban J connectivity index is 1.72. The molecule has 5 heteroatoms. The van der Waals surface area contributed by atoms with Gasteiger partial charge in [0.15, 0.2) is 0 Å². The summed E-state index contributed by atoms with van der Waals surface area (Å²) in [7, 11) is -3.54. The van der Waals surface area contributed by atoms with E-state index in [4.69, 9.17) is 0 Å². The van der Waals surface area contributed by atoms with Crippen molar-refractivity contribution in [2.45, 2.75) is 37.5 Å². The van der Waals surface area contributed by atoms with Crippen LogP contribution in [0.15, 0.2) is 53.4 Å². The fourth-order valence-electron chi connectivity index (χ4n) is 3.00. The molecule has 0 amide bonds. The van der Waals surface area contributed by atoms with Gasteiger partial charge in [0.25, 0.3) is 10.0 Å². The zero-order valence-electron chi connectivity index (χ0n) is 14.0. The van der Waals surface area contributed by atoms with Crippen LogP contribution in [0.1, 0.15) is 31.2 Å². The number of hydrogen-bond acceptors (Lipinski definition) is 3. The van der Waals surface area contributed by atoms with E-state index in [9.17, 15) is 8.42 Å². The molecule has 0 bridgehead atoms. The van der Waals surface area contributed by atoms with Crippen LogP contribution in [0.3, 0.4) is 0 Å². The highest BCUT2D eigenvalue weighted by Crippen LogP contribution is 2.23. The zero-order valence-corrected chi connectivity index (χ0v) is 14.8. The van der Waals surface area contributed by atoms with Crippen molar-refractivity contribution >= 4 is 21.4 Å². The Morgan fingerprint density at radius 1 is 0.833 bits per heavy atom. The molecule has 0 aliphatic carbocycles. The van der Waals surface area contributed by atoms with Crippen LogP contribution >= 0.6 is 0 Å². The highest BCUT2D eigenvalue weighted by atomic mass is 32.2. The van der Waals surface area contributed by atoms with Crippen LogP contribution in [0.25, 0.3) is 0 Å². The Labute approximate surface area is 144 Å². The summed E-state index contributed by atoms with van der Waals surface area (Å²) in [6.45, 7) is 4.09. The van der Waals surface area contributed by atoms with Crippen molar-refractivity contribution in [1.29, 1.82) is 0 Å². The van der Waals surface area contributed by atoms with Crippen molar-refractivity contribution in [3.63, 3.8) is 0 Å². The molecule has 0 saturated carbocycles. The molecule has 1 aliphatic heterocycles. The van der Waals surface area contributed by atoms with E-state index < -0.39 is 10.0 Å². The number of aryl methyl sites for hydroxylation is 1. The predicted molar refractivity (Wildman–Crippen MR) is 99.1 cm³/mol. The molecule has 2 aromatic carbocycles. The quantitative estimate of drug-likeness (QED) is 0.905. The monoisotopic (exact) mass is 344 g/mol. The first kappa shape index (κ1) is 16.8. The van der Waals surface area contributed by atoms with Crippen molar-refractivity contribution in [3.8, 4) is 0 Å². The summed E-state index contributed by atoms with van der Waals surface area (Å²) in [5.74, 6) is 0. The smallest absolute Gasteiger partial charge is 0.261 e. The Morgan fingerprint density at radius 3 is 2.00 bits per heavy atom. The van der Waals surface area contributed by atoms with E-state index in [1.165, 1.54) is 25.7 Å². The lowest BCUT2D eigenvalue weighted by molar-refractivity contribution is 0.601. The molecule has 0 radical (unpaired) electrons. The maximum Gasteiger partial charge on any atom is 0.261 e. The van der Waals surface area contributed by atoms with Crippen LogP contribution in [0, 0.1) is 6.92 Å². The second-order valence-corrected chi connectivity index (χ2v) is 8.05. The van der Waals surface area contributed by atoms with Crippen LogP contribution in [-0.2, 0) is 10.0 Å². The van der Waals surface area contributed by atoms with Gasteiger partial charge in [-0.1, -0.05) is 30.5 Å². The molecule has 0 atom stereocenters. The molecule has 128 valence electrons. The van der Waals surface area contributed by atoms with E-state index >= 15 is 0 Å². The third-order valence-electron chi connectivity index (χ3n) is 4.42. The molecule has 1 saturated heterocycles.